The Kier molecular flexibility index (Phi) is 4.80. The number of nitrogens with one attached hydrogen (secondary N) is 1. The fourth-order valence-corrected chi connectivity index (χ4v) is 3.32. The van der Waals surface area contributed by atoms with E-state index in [0.717, 1.165) is 22.1 Å². The van der Waals surface area contributed by atoms with Crippen LogP contribution in [0.1, 0.15) is 10.4 Å². The molecule has 18 heavy (non-hydrogen) atoms. The zero-order chi connectivity index (χ0) is 13.0. The molecule has 2 aromatic rings. The Morgan fingerprint density at radius 2 is 2.17 bits per heavy atom. The zero-order valence-corrected chi connectivity index (χ0v) is 12.4. The van der Waals surface area contributed by atoms with E-state index in [2.05, 4.69) is 5.32 Å². The number of benzene rings is 1. The molecule has 0 aliphatic carbocycles. The van der Waals surface area contributed by atoms with E-state index in [1.54, 1.807) is 17.6 Å². The second kappa shape index (κ2) is 6.36. The Hall–Kier alpha value is -0.840. The number of hydrogen-bond donors (Lipinski definition) is 1. The minimum absolute atomic E-state index is 0.598. The van der Waals surface area contributed by atoms with E-state index in [4.69, 9.17) is 11.6 Å². The van der Waals surface area contributed by atoms with Gasteiger partial charge in [-0.2, -0.15) is 0 Å². The molecule has 1 atom stereocenters. The quantitative estimate of drug-likeness (QED) is 0.907. The summed E-state index contributed by atoms with van der Waals surface area (Å²) in [4.78, 5) is 1.20. The summed E-state index contributed by atoms with van der Waals surface area (Å²) in [5.41, 5.74) is 2.13. The number of rotatable bonds is 5. The molecule has 2 nitrogen and oxygen atoms in total. The monoisotopic (exact) mass is 299 g/mol. The first-order chi connectivity index (χ1) is 8.63. The van der Waals surface area contributed by atoms with Crippen LogP contribution in [0.2, 0.25) is 4.34 Å². The molecule has 0 fully saturated rings. The topological polar surface area (TPSA) is 29.1 Å². The molecule has 0 spiro atoms. The van der Waals surface area contributed by atoms with Crippen LogP contribution in [-0.2, 0) is 23.1 Å². The van der Waals surface area contributed by atoms with Crippen LogP contribution >= 0.6 is 22.9 Å². The maximum Gasteiger partial charge on any atom is 0.0931 e. The molecular weight excluding hydrogens is 286 g/mol. The Morgan fingerprint density at radius 1 is 1.33 bits per heavy atom. The van der Waals surface area contributed by atoms with Gasteiger partial charge in [-0.1, -0.05) is 23.7 Å². The van der Waals surface area contributed by atoms with E-state index in [-0.39, 0.29) is 0 Å². The van der Waals surface area contributed by atoms with Gasteiger partial charge in [-0.3, -0.25) is 4.21 Å². The molecule has 0 aliphatic heterocycles. The maximum atomic E-state index is 11.2. The van der Waals surface area contributed by atoms with Gasteiger partial charge in [0.1, 0.15) is 0 Å². The highest BCUT2D eigenvalue weighted by Crippen LogP contribution is 2.22. The number of hydrogen-bond acceptors (Lipinski definition) is 3. The fourth-order valence-electron chi connectivity index (χ4n) is 1.64. The summed E-state index contributed by atoms with van der Waals surface area (Å²) in [6.45, 7) is 0.760. The van der Waals surface area contributed by atoms with E-state index in [1.807, 2.05) is 36.4 Å². The molecule has 1 aromatic heterocycles. The van der Waals surface area contributed by atoms with Crippen LogP contribution in [0, 0.1) is 0 Å². The highest BCUT2D eigenvalue weighted by atomic mass is 35.5. The Morgan fingerprint density at radius 3 is 2.83 bits per heavy atom. The summed E-state index contributed by atoms with van der Waals surface area (Å²) in [7, 11) is -0.805. The molecule has 5 heteroatoms. The van der Waals surface area contributed by atoms with E-state index >= 15 is 0 Å². The minimum atomic E-state index is -0.805. The summed E-state index contributed by atoms with van der Waals surface area (Å²) in [5, 5.41) is 3.34. The van der Waals surface area contributed by atoms with E-state index in [9.17, 15) is 4.21 Å². The van der Waals surface area contributed by atoms with Crippen molar-refractivity contribution in [1.29, 1.82) is 0 Å². The van der Waals surface area contributed by atoms with Crippen LogP contribution in [0.4, 0.5) is 5.69 Å². The number of anilines is 1. The molecule has 1 aromatic carbocycles. The highest BCUT2D eigenvalue weighted by Gasteiger charge is 2.00. The highest BCUT2D eigenvalue weighted by molar-refractivity contribution is 7.83. The summed E-state index contributed by atoms with van der Waals surface area (Å²) in [6, 6.07) is 11.9. The van der Waals surface area contributed by atoms with Gasteiger partial charge in [-0.15, -0.1) is 11.3 Å². The molecule has 0 saturated heterocycles. The Bertz CT molecular complexity index is 553. The third-order valence-electron chi connectivity index (χ3n) is 2.39. The van der Waals surface area contributed by atoms with Crippen LogP contribution in [0.5, 0.6) is 0 Å². The van der Waals surface area contributed by atoms with Gasteiger partial charge in [0.25, 0.3) is 0 Å². The van der Waals surface area contributed by atoms with E-state index in [0.29, 0.717) is 5.75 Å². The van der Waals surface area contributed by atoms with E-state index in [1.165, 1.54) is 4.88 Å². The van der Waals surface area contributed by atoms with Crippen molar-refractivity contribution in [3.63, 3.8) is 0 Å². The zero-order valence-electron chi connectivity index (χ0n) is 9.98. The van der Waals surface area contributed by atoms with Gasteiger partial charge in [-0.25, -0.2) is 0 Å². The molecule has 0 radical (unpaired) electrons. The SMILES string of the molecule is C[S@](=O)Cc1cccc(NCc2ccc(Cl)s2)c1. The third-order valence-corrected chi connectivity index (χ3v) is 4.36. The number of thiophene rings is 1. The lowest BCUT2D eigenvalue weighted by Crippen LogP contribution is -1.99. The van der Waals surface area contributed by atoms with Crippen molar-refractivity contribution in [3.8, 4) is 0 Å². The predicted octanol–water partition coefficient (Wildman–Crippen LogP) is 3.89. The van der Waals surface area contributed by atoms with Gasteiger partial charge in [0.2, 0.25) is 0 Å². The van der Waals surface area contributed by atoms with Gasteiger partial charge >= 0.3 is 0 Å². The van der Waals surface area contributed by atoms with Crippen molar-refractivity contribution in [1.82, 2.24) is 0 Å². The lowest BCUT2D eigenvalue weighted by atomic mass is 10.2. The molecule has 0 amide bonds. The van der Waals surface area contributed by atoms with E-state index < -0.39 is 10.8 Å². The molecule has 1 N–H and O–H groups in total. The normalized spacial score (nSPS) is 12.3. The van der Waals surface area contributed by atoms with Crippen LogP contribution in [0.3, 0.4) is 0 Å². The second-order valence-electron chi connectivity index (χ2n) is 3.98. The Labute approximate surface area is 118 Å². The van der Waals surface area contributed by atoms with Crippen molar-refractivity contribution in [3.05, 3.63) is 51.2 Å². The van der Waals surface area contributed by atoms with Gasteiger partial charge in [0.15, 0.2) is 0 Å². The molecule has 0 saturated carbocycles. The van der Waals surface area contributed by atoms with Crippen molar-refractivity contribution in [2.45, 2.75) is 12.3 Å². The first-order valence-corrected chi connectivity index (χ1v) is 8.43. The predicted molar refractivity (Wildman–Crippen MR) is 80.9 cm³/mol. The lowest BCUT2D eigenvalue weighted by Gasteiger charge is -2.06. The van der Waals surface area contributed by atoms with Crippen molar-refractivity contribution >= 4 is 39.4 Å². The van der Waals surface area contributed by atoms with Gasteiger partial charge in [-0.05, 0) is 29.8 Å². The maximum absolute atomic E-state index is 11.2. The fraction of sp³-hybridized carbons (Fsp3) is 0.231. The van der Waals surface area contributed by atoms with Gasteiger partial charge < -0.3 is 5.32 Å². The molecule has 0 aliphatic rings. The Balaban J connectivity index is 1.98. The minimum Gasteiger partial charge on any atom is -0.380 e. The smallest absolute Gasteiger partial charge is 0.0931 e. The first kappa shape index (κ1) is 13.6. The summed E-state index contributed by atoms with van der Waals surface area (Å²) < 4.78 is 12.0. The first-order valence-electron chi connectivity index (χ1n) is 5.50. The summed E-state index contributed by atoms with van der Waals surface area (Å²) in [6.07, 6.45) is 1.72. The largest absolute Gasteiger partial charge is 0.380 e. The van der Waals surface area contributed by atoms with Crippen LogP contribution in [0.15, 0.2) is 36.4 Å². The van der Waals surface area contributed by atoms with Gasteiger partial charge in [0.05, 0.1) is 4.34 Å². The lowest BCUT2D eigenvalue weighted by molar-refractivity contribution is 0.686. The average molecular weight is 300 g/mol. The third kappa shape index (κ3) is 4.12. The summed E-state index contributed by atoms with van der Waals surface area (Å²) in [5.74, 6) is 0.598. The van der Waals surface area contributed by atoms with Crippen molar-refractivity contribution < 1.29 is 4.21 Å². The second-order valence-corrected chi connectivity index (χ2v) is 7.21. The van der Waals surface area contributed by atoms with Crippen LogP contribution in [-0.4, -0.2) is 10.5 Å². The molecule has 96 valence electrons. The number of halogens is 1. The van der Waals surface area contributed by atoms with Crippen LogP contribution < -0.4 is 5.32 Å². The standard InChI is InChI=1S/C13H14ClNOS2/c1-18(16)9-10-3-2-4-11(7-10)15-8-12-5-6-13(14)17-12/h2-7,15H,8-9H2,1H3/t18-/m0/s1. The molecule has 1 heterocycles. The molecule has 0 unspecified atom stereocenters. The molecular formula is C13H14ClNOS2. The van der Waals surface area contributed by atoms with Crippen LogP contribution in [0.25, 0.3) is 0 Å². The molecule has 2 rings (SSSR count). The molecule has 0 bridgehead atoms. The summed E-state index contributed by atoms with van der Waals surface area (Å²) >= 11 is 7.46. The van der Waals surface area contributed by atoms with Crippen molar-refractivity contribution in [2.24, 2.45) is 0 Å². The van der Waals surface area contributed by atoms with Gasteiger partial charge in [0, 0.05) is 39.9 Å². The van der Waals surface area contributed by atoms with Crippen molar-refractivity contribution in [2.75, 3.05) is 11.6 Å². The average Bonchev–Trinajstić information content (AvgIpc) is 2.72.